The van der Waals surface area contributed by atoms with Crippen molar-refractivity contribution in [2.75, 3.05) is 0 Å². The Morgan fingerprint density at radius 2 is 1.13 bits per heavy atom. The van der Waals surface area contributed by atoms with Crippen LogP contribution in [0.1, 0.15) is 69.9 Å². The summed E-state index contributed by atoms with van der Waals surface area (Å²) in [5.74, 6) is 2.91. The zero-order valence-corrected chi connectivity index (χ0v) is 45.6. The van der Waals surface area contributed by atoms with E-state index in [9.17, 15) is 0 Å². The molecule has 0 unspecified atom stereocenters. The van der Waals surface area contributed by atoms with Crippen LogP contribution < -0.4 is 4.74 Å². The van der Waals surface area contributed by atoms with E-state index in [1.807, 2.05) is 12.3 Å². The molecule has 7 heteroatoms. The fourth-order valence-corrected chi connectivity index (χ4v) is 13.2. The van der Waals surface area contributed by atoms with Gasteiger partial charge in [-0.15, -0.1) is 0 Å². The summed E-state index contributed by atoms with van der Waals surface area (Å²) < 4.78 is 22.6. The fraction of sp³-hybridized carbons (Fsp3) is 0.143. The van der Waals surface area contributed by atoms with Crippen LogP contribution in [0, 0.1) is 3.80 Å². The molecule has 0 N–H and O–H groups in total. The summed E-state index contributed by atoms with van der Waals surface area (Å²) in [6.45, 7) is 6.79. The van der Waals surface area contributed by atoms with Crippen molar-refractivity contribution in [1.82, 2.24) is 18.5 Å². The quantitative estimate of drug-likeness (QED) is 0.152. The van der Waals surface area contributed by atoms with Crippen LogP contribution in [0.3, 0.4) is 0 Å². The third-order valence-electron chi connectivity index (χ3n) is 15.9. The van der Waals surface area contributed by atoms with Gasteiger partial charge in [-0.25, -0.2) is 0 Å². The Morgan fingerprint density at radius 3 is 1.83 bits per heavy atom. The first-order chi connectivity index (χ1) is 37.7. The van der Waals surface area contributed by atoms with E-state index >= 15 is 0 Å². The molecule has 0 saturated heterocycles. The summed E-state index contributed by atoms with van der Waals surface area (Å²) in [4.78, 5) is 5.04. The van der Waals surface area contributed by atoms with Crippen molar-refractivity contribution in [2.45, 2.75) is 64.2 Å². The second-order valence-electron chi connectivity index (χ2n) is 21.7. The number of fused-ring (bicyclic) bond motifs is 7. The predicted octanol–water partition coefficient (Wildman–Crippen LogP) is 19.1. The summed E-state index contributed by atoms with van der Waals surface area (Å²) in [6, 6.07) is 76.3. The minimum absolute atomic E-state index is 0.0451. The van der Waals surface area contributed by atoms with E-state index in [0.717, 1.165) is 98.4 Å². The van der Waals surface area contributed by atoms with Crippen molar-refractivity contribution >= 4 is 60.3 Å². The fourth-order valence-electron chi connectivity index (χ4n) is 12.1. The molecule has 1 fully saturated rings. The number of pyridine rings is 1. The van der Waals surface area contributed by atoms with E-state index in [1.54, 1.807) is 0 Å². The number of hydrogen-bond donors (Lipinski definition) is 0. The molecule has 4 heterocycles. The molecule has 1 aliphatic carbocycles. The van der Waals surface area contributed by atoms with Crippen LogP contribution in [0.15, 0.2) is 223 Å². The first kappa shape index (κ1) is 47.2. The Morgan fingerprint density at radius 1 is 0.506 bits per heavy atom. The molecule has 77 heavy (non-hydrogen) atoms. The zero-order valence-electron chi connectivity index (χ0n) is 43.3. The average Bonchev–Trinajstić information content (AvgIpc) is 4.05. The standard InChI is InChI=1S/C70H56N4O2.Pt/c1-70(2,3)51-39-40-71-66(42-51)74-61-37-33-50(46-19-8-4-9-20-46)41-60(61)57-36-34-52(43-63(57)74)75-53-35-38-65-64(44-53)73-45-72(67-54(47-21-10-5-11-22-47)27-16-28-55(67)48-23-12-6-13-24-48)62-32-18-30-58(68(62)73)59-31-17-29-56(69(59)76-65)49-25-14-7-15-26-49;/h5-7,10-18,21-44,46H,4,8-9,19-20H2,1-3H3;. The zero-order chi connectivity index (χ0) is 51.8. The van der Waals surface area contributed by atoms with Gasteiger partial charge in [0.05, 0.1) is 0 Å². The maximum absolute atomic E-state index is 7.36. The molecule has 14 rings (SSSR count). The molecule has 13 aromatic rings. The molecule has 0 radical (unpaired) electrons. The molecule has 9 aromatic carbocycles. The number of benzene rings is 9. The van der Waals surface area contributed by atoms with Gasteiger partial charge in [-0.2, -0.15) is 0 Å². The Hall–Kier alpha value is -8.31. The molecule has 0 atom stereocenters. The number of nitrogens with zero attached hydrogens (tertiary/aromatic N) is 4. The third-order valence-corrected chi connectivity index (χ3v) is 17.0. The average molecular weight is 1180 g/mol. The van der Waals surface area contributed by atoms with E-state index in [1.165, 1.54) is 54.0 Å². The van der Waals surface area contributed by atoms with Gasteiger partial charge in [0.15, 0.2) is 0 Å². The van der Waals surface area contributed by atoms with Gasteiger partial charge in [-0.3, -0.25) is 0 Å². The number of hydrogen-bond acceptors (Lipinski definition) is 3. The summed E-state index contributed by atoms with van der Waals surface area (Å²) in [7, 11) is 0. The van der Waals surface area contributed by atoms with Gasteiger partial charge >= 0.3 is 368 Å². The summed E-state index contributed by atoms with van der Waals surface area (Å²) in [5, 5.41) is 4.51. The van der Waals surface area contributed by atoms with E-state index < -0.39 is 0 Å². The first-order valence-corrected chi connectivity index (χ1v) is 28.1. The minimum atomic E-state index is -0.0451. The molecular formula is C70H56N4O2Pt. The van der Waals surface area contributed by atoms with E-state index in [2.05, 4.69) is 260 Å². The molecule has 0 amide bonds. The molecule has 6 nitrogen and oxygen atoms in total. The van der Waals surface area contributed by atoms with Crippen molar-refractivity contribution < 1.29 is 28.5 Å². The molecule has 0 aliphatic heterocycles. The number of imidazole rings is 1. The molecule has 378 valence electrons. The molecule has 0 bridgehead atoms. The number of rotatable bonds is 8. The van der Waals surface area contributed by atoms with E-state index in [4.69, 9.17) is 14.1 Å². The number of para-hydroxylation sites is 3. The Labute approximate surface area is 458 Å². The van der Waals surface area contributed by atoms with Crippen LogP contribution in [0.4, 0.5) is 0 Å². The van der Waals surface area contributed by atoms with E-state index in [-0.39, 0.29) is 5.41 Å². The van der Waals surface area contributed by atoms with Crippen molar-refractivity contribution in [1.29, 1.82) is 0 Å². The van der Waals surface area contributed by atoms with Crippen LogP contribution in [0.25, 0.3) is 105 Å². The Bertz CT molecular complexity index is 4460. The van der Waals surface area contributed by atoms with Gasteiger partial charge in [0.1, 0.15) is 0 Å². The van der Waals surface area contributed by atoms with Crippen molar-refractivity contribution in [3.8, 4) is 56.4 Å². The van der Waals surface area contributed by atoms with Crippen molar-refractivity contribution in [2.24, 2.45) is 0 Å². The van der Waals surface area contributed by atoms with Crippen LogP contribution in [-0.4, -0.2) is 18.5 Å². The third kappa shape index (κ3) is 8.20. The van der Waals surface area contributed by atoms with E-state index in [0.29, 0.717) is 17.3 Å². The Kier molecular flexibility index (Phi) is 11.7. The first-order valence-electron chi connectivity index (χ1n) is 27.0. The topological polar surface area (TPSA) is 49.5 Å². The molecule has 4 aromatic heterocycles. The van der Waals surface area contributed by atoms with Crippen molar-refractivity contribution in [3.63, 3.8) is 0 Å². The van der Waals surface area contributed by atoms with Gasteiger partial charge in [-0.05, 0) is 41.4 Å². The Balaban J connectivity index is 1.02. The second-order valence-corrected chi connectivity index (χ2v) is 22.7. The molecule has 1 aliphatic rings. The van der Waals surface area contributed by atoms with Gasteiger partial charge in [0.25, 0.3) is 0 Å². The summed E-state index contributed by atoms with van der Waals surface area (Å²) >= 11 is 2.54. The van der Waals surface area contributed by atoms with Crippen LogP contribution >= 0.6 is 0 Å². The normalized spacial score (nSPS) is 13.4. The maximum atomic E-state index is 7.36. The van der Waals surface area contributed by atoms with Crippen LogP contribution in [0.5, 0.6) is 11.5 Å². The van der Waals surface area contributed by atoms with Crippen LogP contribution in [0.2, 0.25) is 0 Å². The van der Waals surface area contributed by atoms with Gasteiger partial charge in [-0.1, -0.05) is 46.1 Å². The van der Waals surface area contributed by atoms with Crippen molar-refractivity contribution in [3.05, 3.63) is 233 Å². The number of aromatic nitrogens is 4. The summed E-state index contributed by atoms with van der Waals surface area (Å²) in [6.07, 6.45) is 8.37. The molecular weight excluding hydrogens is 1120 g/mol. The monoisotopic (exact) mass is 1180 g/mol. The molecule has 0 spiro atoms. The second kappa shape index (κ2) is 19.1. The summed E-state index contributed by atoms with van der Waals surface area (Å²) in [5.41, 5.74) is 17.1. The molecule has 1 saturated carbocycles. The predicted molar refractivity (Wildman–Crippen MR) is 313 cm³/mol. The SMILES string of the molecule is CC(C)(C)c1ccnc(-n2c3ccc(C4CCCCC4)cc3c3ccc(Oc4ccc5oc6c(-c7ccccc7)cccc6c6cccc7c6n([c](=[Pt])n7-c6c(-c7ccccc7)cccc6-c6ccccc6)c5c4)cc32)c1. The van der Waals surface area contributed by atoms with Crippen LogP contribution in [-0.2, 0) is 24.8 Å². The number of ether oxygens (including phenoxy) is 1. The van der Waals surface area contributed by atoms with Gasteiger partial charge in [0, 0.05) is 6.20 Å². The van der Waals surface area contributed by atoms with Gasteiger partial charge < -0.3 is 0 Å². The van der Waals surface area contributed by atoms with Gasteiger partial charge in [0.2, 0.25) is 0 Å².